The first kappa shape index (κ1) is 38.5. The molecule has 4 rings (SSSR count). The van der Waals surface area contributed by atoms with Gasteiger partial charge in [-0.05, 0) is 43.0 Å². The quantitative estimate of drug-likeness (QED) is 0.118. The van der Waals surface area contributed by atoms with Crippen molar-refractivity contribution >= 4 is 17.3 Å². The summed E-state index contributed by atoms with van der Waals surface area (Å²) in [5.74, 6) is 0.0617. The maximum absolute atomic E-state index is 12.8. The van der Waals surface area contributed by atoms with E-state index in [9.17, 15) is 23.1 Å². The number of aromatic hydroxyl groups is 1. The number of halogens is 4. The van der Waals surface area contributed by atoms with E-state index in [1.807, 2.05) is 24.3 Å². The molecule has 0 saturated carbocycles. The molecule has 0 atom stereocenters. The van der Waals surface area contributed by atoms with Crippen LogP contribution in [0.3, 0.4) is 0 Å². The van der Waals surface area contributed by atoms with E-state index in [1.54, 1.807) is 6.92 Å². The fraction of sp³-hybridized carbons (Fsp3) is 0.400. The molecule has 1 aliphatic carbocycles. The Labute approximate surface area is 276 Å². The SMILES string of the molecule is CC1(C)C[C-]=C(C(=N)Cn2nc(-c3ccc(O)cc3)n(CCC(F)(F)F)c2=O)CC1.CCOO.[CH2-]c1ccccc1Cl.[Na+]. The molecule has 3 aromatic rings. The summed E-state index contributed by atoms with van der Waals surface area (Å²) >= 11 is 5.65. The van der Waals surface area contributed by atoms with Gasteiger partial charge in [-0.15, -0.1) is 18.6 Å². The van der Waals surface area contributed by atoms with Crippen molar-refractivity contribution in [1.82, 2.24) is 14.3 Å². The number of phenols is 1. The zero-order chi connectivity index (χ0) is 31.5. The average Bonchev–Trinajstić information content (AvgIpc) is 3.24. The van der Waals surface area contributed by atoms with Crippen LogP contribution in [0.1, 0.15) is 52.0 Å². The summed E-state index contributed by atoms with van der Waals surface area (Å²) in [6.45, 7) is 9.31. The Bertz CT molecular complexity index is 1380. The zero-order valence-corrected chi connectivity index (χ0v) is 27.6. The summed E-state index contributed by atoms with van der Waals surface area (Å²) in [6, 6.07) is 13.2. The van der Waals surface area contributed by atoms with Gasteiger partial charge in [0, 0.05) is 18.7 Å². The maximum atomic E-state index is 12.8. The van der Waals surface area contributed by atoms with E-state index in [4.69, 9.17) is 22.3 Å². The standard InChI is InChI=1S/C21H24F3N4O2.C7H6Cl.C2H6O2.Na/c1-20(2)9-7-14(8-10-20)17(25)13-28-19(30)27(12-11-21(22,23)24)18(26-28)15-3-5-16(29)6-4-15;1-6-4-2-3-5-7(6)8;1-2-4-3;/h3-6,25,29H,7,9-13H2,1-2H3;2-5H,1H2;3H,2H2,1H3;/q2*-1;;+1. The maximum Gasteiger partial charge on any atom is 1.00 e. The van der Waals surface area contributed by atoms with Crippen molar-refractivity contribution in [3.63, 3.8) is 0 Å². The van der Waals surface area contributed by atoms with Crippen LogP contribution < -0.4 is 35.2 Å². The van der Waals surface area contributed by atoms with E-state index in [0.29, 0.717) is 25.0 Å². The number of phenolic OH excluding ortho intramolecular Hbond substituents is 1. The van der Waals surface area contributed by atoms with Gasteiger partial charge in [-0.25, -0.2) is 19.9 Å². The van der Waals surface area contributed by atoms with E-state index in [2.05, 4.69) is 36.8 Å². The first-order valence-electron chi connectivity index (χ1n) is 13.2. The number of allylic oxidation sites excluding steroid dienone is 2. The normalized spacial score (nSPS) is 13.8. The topological polar surface area (TPSA) is 113 Å². The van der Waals surface area contributed by atoms with Gasteiger partial charge in [0.2, 0.25) is 0 Å². The first-order valence-corrected chi connectivity index (χ1v) is 13.6. The largest absolute Gasteiger partial charge is 1.00 e. The molecule has 0 saturated heterocycles. The average molecular weight is 632 g/mol. The van der Waals surface area contributed by atoms with Gasteiger partial charge in [0.1, 0.15) is 5.75 Å². The summed E-state index contributed by atoms with van der Waals surface area (Å²) in [4.78, 5) is 16.3. The summed E-state index contributed by atoms with van der Waals surface area (Å²) in [5, 5.41) is 30.1. The number of alkyl halides is 3. The van der Waals surface area contributed by atoms with E-state index in [0.717, 1.165) is 31.8 Å². The van der Waals surface area contributed by atoms with Gasteiger partial charge in [-0.3, -0.25) is 15.9 Å². The van der Waals surface area contributed by atoms with Crippen LogP contribution in [0.5, 0.6) is 5.75 Å². The molecule has 13 heteroatoms. The number of rotatable bonds is 7. The van der Waals surface area contributed by atoms with Crippen LogP contribution in [0.25, 0.3) is 11.4 Å². The summed E-state index contributed by atoms with van der Waals surface area (Å²) in [6.07, 6.45) is -0.106. The van der Waals surface area contributed by atoms with Gasteiger partial charge < -0.3 is 10.5 Å². The van der Waals surface area contributed by atoms with Crippen molar-refractivity contribution in [3.8, 4) is 17.1 Å². The molecule has 1 heterocycles. The Morgan fingerprint density at radius 1 is 1.21 bits per heavy atom. The van der Waals surface area contributed by atoms with Crippen molar-refractivity contribution < 1.29 is 58.0 Å². The van der Waals surface area contributed by atoms with E-state index in [1.165, 1.54) is 24.3 Å². The minimum atomic E-state index is -4.42. The third-order valence-electron chi connectivity index (χ3n) is 6.26. The summed E-state index contributed by atoms with van der Waals surface area (Å²) in [7, 11) is 0. The number of nitrogens with one attached hydrogen (secondary N) is 1. The van der Waals surface area contributed by atoms with Crippen molar-refractivity contribution in [2.24, 2.45) is 5.41 Å². The Hall–Kier alpha value is -2.54. The first-order chi connectivity index (χ1) is 19.7. The fourth-order valence-electron chi connectivity index (χ4n) is 3.80. The van der Waals surface area contributed by atoms with Gasteiger partial charge in [0.25, 0.3) is 0 Å². The van der Waals surface area contributed by atoms with Crippen LogP contribution in [0, 0.1) is 23.8 Å². The molecule has 3 N–H and O–H groups in total. The third kappa shape index (κ3) is 12.9. The molecule has 43 heavy (non-hydrogen) atoms. The molecule has 0 bridgehead atoms. The predicted molar refractivity (Wildman–Crippen MR) is 157 cm³/mol. The molecule has 2 aromatic carbocycles. The minimum Gasteiger partial charge on any atom is -0.508 e. The molecule has 0 spiro atoms. The molecular weight excluding hydrogens is 596 g/mol. The second-order valence-electron chi connectivity index (χ2n) is 10.3. The molecule has 1 aromatic heterocycles. The smallest absolute Gasteiger partial charge is 0.508 e. The van der Waals surface area contributed by atoms with Crippen molar-refractivity contribution in [2.75, 3.05) is 6.61 Å². The third-order valence-corrected chi connectivity index (χ3v) is 6.63. The van der Waals surface area contributed by atoms with Crippen molar-refractivity contribution in [3.05, 3.63) is 88.2 Å². The van der Waals surface area contributed by atoms with Crippen LogP contribution in [-0.4, -0.2) is 43.2 Å². The number of nitrogens with zero attached hydrogens (tertiary/aromatic N) is 3. The van der Waals surface area contributed by atoms with E-state index in [-0.39, 0.29) is 58.8 Å². The van der Waals surface area contributed by atoms with Gasteiger partial charge in [-0.1, -0.05) is 37.1 Å². The molecule has 0 fully saturated rings. The molecule has 0 amide bonds. The number of hydrogen-bond acceptors (Lipinski definition) is 6. The van der Waals surface area contributed by atoms with E-state index >= 15 is 0 Å². The molecule has 1 aliphatic rings. The summed E-state index contributed by atoms with van der Waals surface area (Å²) in [5.41, 5.74) is 1.61. The number of benzene rings is 2. The van der Waals surface area contributed by atoms with Crippen LogP contribution >= 0.6 is 11.6 Å². The molecular formula is C30H36ClF3N4NaO4-. The second kappa shape index (κ2) is 17.7. The minimum absolute atomic E-state index is 0. The Balaban J connectivity index is 0.000000595. The molecule has 8 nitrogen and oxygen atoms in total. The molecule has 0 radical (unpaired) electrons. The second-order valence-corrected chi connectivity index (χ2v) is 10.7. The Morgan fingerprint density at radius 3 is 2.28 bits per heavy atom. The zero-order valence-electron chi connectivity index (χ0n) is 24.8. The van der Waals surface area contributed by atoms with E-state index < -0.39 is 24.8 Å². The van der Waals surface area contributed by atoms with Crippen molar-refractivity contribution in [2.45, 2.75) is 65.7 Å². The Morgan fingerprint density at radius 2 is 1.81 bits per heavy atom. The summed E-state index contributed by atoms with van der Waals surface area (Å²) < 4.78 is 40.3. The number of aromatic nitrogens is 3. The van der Waals surface area contributed by atoms with Crippen LogP contribution in [0.4, 0.5) is 13.2 Å². The fourth-order valence-corrected chi connectivity index (χ4v) is 3.93. The monoisotopic (exact) mass is 631 g/mol. The predicted octanol–water partition coefficient (Wildman–Crippen LogP) is 4.35. The van der Waals surface area contributed by atoms with Gasteiger partial charge in [-0.2, -0.15) is 48.4 Å². The molecule has 230 valence electrons. The molecule has 0 aliphatic heterocycles. The van der Waals surface area contributed by atoms with Gasteiger partial charge in [0.15, 0.2) is 5.82 Å². The molecule has 0 unspecified atom stereocenters. The van der Waals surface area contributed by atoms with Crippen LogP contribution in [0.15, 0.2) is 58.9 Å². The Kier molecular flexibility index (Phi) is 15.8. The van der Waals surface area contributed by atoms with Crippen LogP contribution in [0.2, 0.25) is 5.02 Å². The number of hydrogen-bond donors (Lipinski definition) is 3. The van der Waals surface area contributed by atoms with Crippen LogP contribution in [-0.2, 0) is 18.0 Å². The van der Waals surface area contributed by atoms with Gasteiger partial charge in [0.05, 0.1) is 13.0 Å². The van der Waals surface area contributed by atoms with Gasteiger partial charge >= 0.3 is 41.4 Å². The van der Waals surface area contributed by atoms with Crippen molar-refractivity contribution in [1.29, 1.82) is 5.41 Å².